The van der Waals surface area contributed by atoms with E-state index in [1.54, 1.807) is 0 Å². The summed E-state index contributed by atoms with van der Waals surface area (Å²) in [6.45, 7) is 4.23. The quantitative estimate of drug-likeness (QED) is 0.421. The molecule has 5 nitrogen and oxygen atoms in total. The number of rotatable bonds is 8. The molecule has 0 bridgehead atoms. The molecule has 5 heteroatoms. The summed E-state index contributed by atoms with van der Waals surface area (Å²) in [6.07, 6.45) is 9.08. The number of hydrogen-bond acceptors (Lipinski definition) is 4. The van der Waals surface area contributed by atoms with Gasteiger partial charge in [-0.2, -0.15) is 0 Å². The SMILES string of the molecule is CCCCCCC(C)Oc1cnc(C(=N)N)cn1. The largest absolute Gasteiger partial charge is 0.474 e. The molecule has 0 aromatic carbocycles. The Labute approximate surface area is 108 Å². The second kappa shape index (κ2) is 7.63. The molecular formula is C13H22N4O. The smallest absolute Gasteiger partial charge is 0.232 e. The first-order valence-corrected chi connectivity index (χ1v) is 6.46. The summed E-state index contributed by atoms with van der Waals surface area (Å²) in [5.74, 6) is 0.407. The van der Waals surface area contributed by atoms with Gasteiger partial charge >= 0.3 is 0 Å². The zero-order valence-corrected chi connectivity index (χ0v) is 11.1. The molecule has 0 saturated carbocycles. The van der Waals surface area contributed by atoms with Crippen molar-refractivity contribution in [2.75, 3.05) is 0 Å². The number of amidine groups is 1. The van der Waals surface area contributed by atoms with Crippen molar-refractivity contribution >= 4 is 5.84 Å². The van der Waals surface area contributed by atoms with Gasteiger partial charge in [0, 0.05) is 0 Å². The van der Waals surface area contributed by atoms with E-state index < -0.39 is 0 Å². The van der Waals surface area contributed by atoms with Crippen molar-refractivity contribution < 1.29 is 4.74 Å². The molecule has 0 spiro atoms. The molecule has 3 N–H and O–H groups in total. The molecule has 0 amide bonds. The fourth-order valence-electron chi connectivity index (χ4n) is 1.64. The Morgan fingerprint density at radius 2 is 2.11 bits per heavy atom. The predicted molar refractivity (Wildman–Crippen MR) is 71.9 cm³/mol. The van der Waals surface area contributed by atoms with Gasteiger partial charge in [0.05, 0.1) is 18.5 Å². The van der Waals surface area contributed by atoms with E-state index in [2.05, 4.69) is 16.9 Å². The first-order chi connectivity index (χ1) is 8.63. The Balaban J connectivity index is 2.35. The molecule has 0 fully saturated rings. The van der Waals surface area contributed by atoms with Crippen molar-refractivity contribution in [3.05, 3.63) is 18.1 Å². The lowest BCUT2D eigenvalue weighted by Gasteiger charge is -2.13. The van der Waals surface area contributed by atoms with Gasteiger partial charge in [-0.15, -0.1) is 0 Å². The lowest BCUT2D eigenvalue weighted by atomic mass is 10.1. The molecule has 1 rings (SSSR count). The number of nitrogens with one attached hydrogen (secondary N) is 1. The molecule has 1 aromatic heterocycles. The molecule has 0 aliphatic carbocycles. The lowest BCUT2D eigenvalue weighted by molar-refractivity contribution is 0.197. The van der Waals surface area contributed by atoms with Crippen molar-refractivity contribution in [2.45, 2.75) is 52.1 Å². The van der Waals surface area contributed by atoms with Gasteiger partial charge in [-0.25, -0.2) is 9.97 Å². The summed E-state index contributed by atoms with van der Waals surface area (Å²) in [7, 11) is 0. The highest BCUT2D eigenvalue weighted by atomic mass is 16.5. The highest BCUT2D eigenvalue weighted by Gasteiger charge is 2.06. The molecule has 0 saturated heterocycles. The molecule has 1 atom stereocenters. The van der Waals surface area contributed by atoms with Crippen molar-refractivity contribution in [1.29, 1.82) is 5.41 Å². The summed E-state index contributed by atoms with van der Waals surface area (Å²) >= 11 is 0. The molecule has 1 aromatic rings. The Bertz CT molecular complexity index is 364. The highest BCUT2D eigenvalue weighted by molar-refractivity contribution is 5.92. The van der Waals surface area contributed by atoms with Crippen molar-refractivity contribution in [2.24, 2.45) is 5.73 Å². The third kappa shape index (κ3) is 5.12. The number of unbranched alkanes of at least 4 members (excludes halogenated alkanes) is 3. The Morgan fingerprint density at radius 3 is 2.67 bits per heavy atom. The monoisotopic (exact) mass is 250 g/mol. The fourth-order valence-corrected chi connectivity index (χ4v) is 1.64. The van der Waals surface area contributed by atoms with Gasteiger partial charge in [-0.05, 0) is 19.8 Å². The number of nitrogens with two attached hydrogens (primary N) is 1. The maximum Gasteiger partial charge on any atom is 0.232 e. The summed E-state index contributed by atoms with van der Waals surface area (Å²) in [6, 6.07) is 0. The number of ether oxygens (including phenoxy) is 1. The van der Waals surface area contributed by atoms with Crippen LogP contribution in [0.5, 0.6) is 5.88 Å². The van der Waals surface area contributed by atoms with Gasteiger partial charge in [0.25, 0.3) is 0 Å². The van der Waals surface area contributed by atoms with E-state index in [0.717, 1.165) is 6.42 Å². The molecule has 100 valence electrons. The van der Waals surface area contributed by atoms with Crippen molar-refractivity contribution in [1.82, 2.24) is 9.97 Å². The van der Waals surface area contributed by atoms with E-state index in [9.17, 15) is 0 Å². The van der Waals surface area contributed by atoms with Crippen LogP contribution in [0.4, 0.5) is 0 Å². The van der Waals surface area contributed by atoms with Gasteiger partial charge in [0.2, 0.25) is 5.88 Å². The van der Waals surface area contributed by atoms with Crippen LogP contribution in [0.2, 0.25) is 0 Å². The normalized spacial score (nSPS) is 12.1. The fraction of sp³-hybridized carbons (Fsp3) is 0.615. The summed E-state index contributed by atoms with van der Waals surface area (Å²) in [5.41, 5.74) is 5.67. The van der Waals surface area contributed by atoms with Crippen molar-refractivity contribution in [3.8, 4) is 5.88 Å². The Hall–Kier alpha value is -1.65. The van der Waals surface area contributed by atoms with Crippen LogP contribution in [0.15, 0.2) is 12.4 Å². The number of nitrogen functional groups attached to an aromatic ring is 1. The van der Waals surface area contributed by atoms with Crippen LogP contribution in [0.3, 0.4) is 0 Å². The number of nitrogens with zero attached hydrogens (tertiary/aromatic N) is 2. The minimum absolute atomic E-state index is 0.0818. The Kier molecular flexibility index (Phi) is 6.11. The van der Waals surface area contributed by atoms with E-state index in [1.165, 1.54) is 38.1 Å². The third-order valence-electron chi connectivity index (χ3n) is 2.69. The first kappa shape index (κ1) is 14.4. The van der Waals surface area contributed by atoms with Crippen LogP contribution >= 0.6 is 0 Å². The van der Waals surface area contributed by atoms with Gasteiger partial charge < -0.3 is 10.5 Å². The summed E-state index contributed by atoms with van der Waals surface area (Å²) < 4.78 is 5.64. The van der Waals surface area contributed by atoms with E-state index in [0.29, 0.717) is 11.6 Å². The molecule has 0 aliphatic rings. The molecule has 0 aliphatic heterocycles. The average Bonchev–Trinajstić information content (AvgIpc) is 2.35. The zero-order chi connectivity index (χ0) is 13.4. The number of aromatic nitrogens is 2. The zero-order valence-electron chi connectivity index (χ0n) is 11.1. The molecule has 1 unspecified atom stereocenters. The van der Waals surface area contributed by atoms with E-state index in [-0.39, 0.29) is 11.9 Å². The van der Waals surface area contributed by atoms with Crippen LogP contribution in [0, 0.1) is 5.41 Å². The van der Waals surface area contributed by atoms with Gasteiger partial charge in [0.1, 0.15) is 11.5 Å². The second-order valence-electron chi connectivity index (χ2n) is 4.43. The summed E-state index contributed by atoms with van der Waals surface area (Å²) in [4.78, 5) is 8.08. The summed E-state index contributed by atoms with van der Waals surface area (Å²) in [5, 5.41) is 7.21. The average molecular weight is 250 g/mol. The van der Waals surface area contributed by atoms with Gasteiger partial charge in [-0.3, -0.25) is 5.41 Å². The van der Waals surface area contributed by atoms with Crippen LogP contribution in [-0.4, -0.2) is 21.9 Å². The van der Waals surface area contributed by atoms with Crippen LogP contribution in [0.1, 0.15) is 51.6 Å². The maximum atomic E-state index is 7.21. The highest BCUT2D eigenvalue weighted by Crippen LogP contribution is 2.12. The molecule has 0 radical (unpaired) electrons. The topological polar surface area (TPSA) is 84.9 Å². The molecular weight excluding hydrogens is 228 g/mol. The van der Waals surface area contributed by atoms with Crippen LogP contribution in [0.25, 0.3) is 0 Å². The maximum absolute atomic E-state index is 7.21. The minimum atomic E-state index is -0.0818. The second-order valence-corrected chi connectivity index (χ2v) is 4.43. The van der Waals surface area contributed by atoms with Crippen molar-refractivity contribution in [3.63, 3.8) is 0 Å². The van der Waals surface area contributed by atoms with Gasteiger partial charge in [-0.1, -0.05) is 26.2 Å². The Morgan fingerprint density at radius 1 is 1.33 bits per heavy atom. The first-order valence-electron chi connectivity index (χ1n) is 6.46. The van der Waals surface area contributed by atoms with E-state index in [4.69, 9.17) is 15.9 Å². The molecule has 1 heterocycles. The minimum Gasteiger partial charge on any atom is -0.474 e. The third-order valence-corrected chi connectivity index (χ3v) is 2.69. The molecule has 18 heavy (non-hydrogen) atoms. The van der Waals surface area contributed by atoms with Crippen LogP contribution < -0.4 is 10.5 Å². The lowest BCUT2D eigenvalue weighted by Crippen LogP contribution is -2.15. The van der Waals surface area contributed by atoms with Crippen LogP contribution in [-0.2, 0) is 0 Å². The predicted octanol–water partition coefficient (Wildman–Crippen LogP) is 2.50. The number of hydrogen-bond donors (Lipinski definition) is 2. The van der Waals surface area contributed by atoms with E-state index in [1.807, 2.05) is 6.92 Å². The van der Waals surface area contributed by atoms with E-state index >= 15 is 0 Å². The standard InChI is InChI=1S/C13H22N4O/c1-3-4-5-6-7-10(2)18-12-9-16-11(8-17-12)13(14)15/h8-10H,3-7H2,1-2H3,(H3,14,15). The van der Waals surface area contributed by atoms with Gasteiger partial charge in [0.15, 0.2) is 0 Å².